The van der Waals surface area contributed by atoms with Gasteiger partial charge in [0.2, 0.25) is 0 Å². The number of amides is 1. The van der Waals surface area contributed by atoms with E-state index in [4.69, 9.17) is 0 Å². The molecule has 0 aliphatic heterocycles. The molecule has 0 atom stereocenters. The molecular formula is C11H10F2N4O. The normalized spacial score (nSPS) is 10.4. The standard InChI is InChI=1S/C11H10F2N4O/c1-17-6-10(15-16-17)11(18)14-5-7-2-8(12)4-9(13)3-7/h2-4,6H,5H2,1H3,(H,14,18). The van der Waals surface area contributed by atoms with Crippen molar-refractivity contribution in [2.75, 3.05) is 0 Å². The van der Waals surface area contributed by atoms with Crippen LogP contribution in [0.15, 0.2) is 24.4 Å². The van der Waals surface area contributed by atoms with E-state index < -0.39 is 17.5 Å². The SMILES string of the molecule is Cn1cc(C(=O)NCc2cc(F)cc(F)c2)nn1. The van der Waals surface area contributed by atoms with Gasteiger partial charge in [0.25, 0.3) is 5.91 Å². The van der Waals surface area contributed by atoms with Gasteiger partial charge in [-0.15, -0.1) is 5.10 Å². The largest absolute Gasteiger partial charge is 0.347 e. The number of nitrogens with one attached hydrogen (secondary N) is 1. The summed E-state index contributed by atoms with van der Waals surface area (Å²) in [5.74, 6) is -1.81. The summed E-state index contributed by atoms with van der Waals surface area (Å²) in [6.07, 6.45) is 1.45. The fraction of sp³-hybridized carbons (Fsp3) is 0.182. The molecule has 2 aromatic rings. The predicted octanol–water partition coefficient (Wildman–Crippen LogP) is 1.02. The molecule has 0 bridgehead atoms. The molecule has 0 spiro atoms. The highest BCUT2D eigenvalue weighted by Crippen LogP contribution is 2.07. The Balaban J connectivity index is 2.01. The van der Waals surface area contributed by atoms with Crippen molar-refractivity contribution in [3.05, 3.63) is 47.3 Å². The Kier molecular flexibility index (Phi) is 3.31. The summed E-state index contributed by atoms with van der Waals surface area (Å²) in [6, 6.07) is 3.08. The lowest BCUT2D eigenvalue weighted by Crippen LogP contribution is -2.23. The van der Waals surface area contributed by atoms with Gasteiger partial charge in [-0.05, 0) is 17.7 Å². The van der Waals surface area contributed by atoms with Crippen LogP contribution in [0.5, 0.6) is 0 Å². The van der Waals surface area contributed by atoms with Crippen LogP contribution in [0, 0.1) is 11.6 Å². The zero-order valence-corrected chi connectivity index (χ0v) is 9.52. The summed E-state index contributed by atoms with van der Waals surface area (Å²) in [6.45, 7) is 0.0179. The zero-order valence-electron chi connectivity index (χ0n) is 9.52. The van der Waals surface area contributed by atoms with Gasteiger partial charge in [0.1, 0.15) is 11.6 Å². The Bertz CT molecular complexity index is 562. The number of aromatic nitrogens is 3. The monoisotopic (exact) mass is 252 g/mol. The Morgan fingerprint density at radius 3 is 2.56 bits per heavy atom. The van der Waals surface area contributed by atoms with E-state index in [0.29, 0.717) is 5.56 Å². The molecule has 94 valence electrons. The second-order valence-electron chi connectivity index (χ2n) is 3.74. The molecular weight excluding hydrogens is 242 g/mol. The molecule has 0 saturated carbocycles. The van der Waals surface area contributed by atoms with E-state index in [-0.39, 0.29) is 12.2 Å². The van der Waals surface area contributed by atoms with Crippen LogP contribution in [0.25, 0.3) is 0 Å². The highest BCUT2D eigenvalue weighted by atomic mass is 19.1. The van der Waals surface area contributed by atoms with Crippen molar-refractivity contribution >= 4 is 5.91 Å². The fourth-order valence-electron chi connectivity index (χ4n) is 1.44. The van der Waals surface area contributed by atoms with E-state index in [9.17, 15) is 13.6 Å². The summed E-state index contributed by atoms with van der Waals surface area (Å²) in [7, 11) is 1.63. The third-order valence-electron chi connectivity index (χ3n) is 2.21. The van der Waals surface area contributed by atoms with Crippen LogP contribution in [0.1, 0.15) is 16.1 Å². The maximum absolute atomic E-state index is 12.9. The van der Waals surface area contributed by atoms with Gasteiger partial charge in [-0.1, -0.05) is 5.21 Å². The third kappa shape index (κ3) is 2.88. The lowest BCUT2D eigenvalue weighted by atomic mass is 10.2. The first-order chi connectivity index (χ1) is 8.54. The molecule has 0 unspecified atom stereocenters. The van der Waals surface area contributed by atoms with Crippen molar-refractivity contribution in [2.45, 2.75) is 6.54 Å². The molecule has 0 saturated heterocycles. The molecule has 0 aliphatic rings. The van der Waals surface area contributed by atoms with Crippen molar-refractivity contribution < 1.29 is 13.6 Å². The molecule has 1 aromatic heterocycles. The van der Waals surface area contributed by atoms with Crippen LogP contribution in [0.3, 0.4) is 0 Å². The Morgan fingerprint density at radius 1 is 1.33 bits per heavy atom. The summed E-state index contributed by atoms with van der Waals surface area (Å²) < 4.78 is 27.2. The van der Waals surface area contributed by atoms with Gasteiger partial charge in [-0.25, -0.2) is 8.78 Å². The average molecular weight is 252 g/mol. The van der Waals surface area contributed by atoms with Crippen molar-refractivity contribution in [3.63, 3.8) is 0 Å². The zero-order chi connectivity index (χ0) is 13.1. The highest BCUT2D eigenvalue weighted by molar-refractivity contribution is 5.91. The van der Waals surface area contributed by atoms with Crippen LogP contribution >= 0.6 is 0 Å². The first-order valence-corrected chi connectivity index (χ1v) is 5.14. The first-order valence-electron chi connectivity index (χ1n) is 5.14. The Hall–Kier alpha value is -2.31. The van der Waals surface area contributed by atoms with Crippen LogP contribution in [-0.4, -0.2) is 20.9 Å². The van der Waals surface area contributed by atoms with Crippen molar-refractivity contribution in [3.8, 4) is 0 Å². The van der Waals surface area contributed by atoms with E-state index in [0.717, 1.165) is 18.2 Å². The van der Waals surface area contributed by atoms with Crippen LogP contribution in [-0.2, 0) is 13.6 Å². The second-order valence-corrected chi connectivity index (χ2v) is 3.74. The maximum Gasteiger partial charge on any atom is 0.273 e. The number of nitrogens with zero attached hydrogens (tertiary/aromatic N) is 3. The van der Waals surface area contributed by atoms with Gasteiger partial charge in [0.05, 0.1) is 6.20 Å². The van der Waals surface area contributed by atoms with Crippen molar-refractivity contribution in [1.29, 1.82) is 0 Å². The number of carbonyl (C=O) groups excluding carboxylic acids is 1. The minimum absolute atomic E-state index is 0.0179. The molecule has 0 aliphatic carbocycles. The van der Waals surface area contributed by atoms with Gasteiger partial charge >= 0.3 is 0 Å². The number of aryl methyl sites for hydroxylation is 1. The molecule has 18 heavy (non-hydrogen) atoms. The Morgan fingerprint density at radius 2 is 2.00 bits per heavy atom. The van der Waals surface area contributed by atoms with E-state index in [1.54, 1.807) is 7.05 Å². The quantitative estimate of drug-likeness (QED) is 0.887. The third-order valence-corrected chi connectivity index (χ3v) is 2.21. The van der Waals surface area contributed by atoms with Gasteiger partial charge in [-0.2, -0.15) is 0 Å². The molecule has 2 rings (SSSR count). The molecule has 0 radical (unpaired) electrons. The number of carbonyl (C=O) groups is 1. The first kappa shape index (κ1) is 12.2. The van der Waals surface area contributed by atoms with E-state index >= 15 is 0 Å². The van der Waals surface area contributed by atoms with Gasteiger partial charge in [-0.3, -0.25) is 9.48 Å². The molecule has 1 heterocycles. The number of hydrogen-bond acceptors (Lipinski definition) is 3. The predicted molar refractivity (Wildman–Crippen MR) is 58.5 cm³/mol. The van der Waals surface area contributed by atoms with Crippen LogP contribution < -0.4 is 5.32 Å². The van der Waals surface area contributed by atoms with E-state index in [1.165, 1.54) is 10.9 Å². The molecule has 1 aromatic carbocycles. The molecule has 5 nitrogen and oxygen atoms in total. The second kappa shape index (κ2) is 4.91. The average Bonchev–Trinajstić information content (AvgIpc) is 2.71. The summed E-state index contributed by atoms with van der Waals surface area (Å²) in [5.41, 5.74) is 0.485. The minimum atomic E-state index is -0.682. The summed E-state index contributed by atoms with van der Waals surface area (Å²) >= 11 is 0. The van der Waals surface area contributed by atoms with Crippen LogP contribution in [0.4, 0.5) is 8.78 Å². The van der Waals surface area contributed by atoms with E-state index in [2.05, 4.69) is 15.6 Å². The van der Waals surface area contributed by atoms with Gasteiger partial charge < -0.3 is 5.32 Å². The van der Waals surface area contributed by atoms with E-state index in [1.807, 2.05) is 0 Å². The lowest BCUT2D eigenvalue weighted by Gasteiger charge is -2.03. The van der Waals surface area contributed by atoms with Crippen molar-refractivity contribution in [1.82, 2.24) is 20.3 Å². The smallest absolute Gasteiger partial charge is 0.273 e. The summed E-state index contributed by atoms with van der Waals surface area (Å²) in [4.78, 5) is 11.6. The number of benzene rings is 1. The van der Waals surface area contributed by atoms with Gasteiger partial charge in [0.15, 0.2) is 5.69 Å². The maximum atomic E-state index is 12.9. The van der Waals surface area contributed by atoms with Gasteiger partial charge in [0, 0.05) is 19.7 Å². The topological polar surface area (TPSA) is 59.8 Å². The molecule has 1 N–H and O–H groups in total. The van der Waals surface area contributed by atoms with Crippen molar-refractivity contribution in [2.24, 2.45) is 7.05 Å². The summed E-state index contributed by atoms with van der Waals surface area (Å²) in [5, 5.41) is 9.72. The number of halogens is 2. The molecule has 0 fully saturated rings. The molecule has 7 heteroatoms. The fourth-order valence-corrected chi connectivity index (χ4v) is 1.44. The number of hydrogen-bond donors (Lipinski definition) is 1. The minimum Gasteiger partial charge on any atom is -0.347 e. The number of rotatable bonds is 3. The molecule has 1 amide bonds. The van der Waals surface area contributed by atoms with Crippen LogP contribution in [0.2, 0.25) is 0 Å². The Labute approximate surface area is 101 Å². The lowest BCUT2D eigenvalue weighted by molar-refractivity contribution is 0.0945. The highest BCUT2D eigenvalue weighted by Gasteiger charge is 2.09.